The highest BCUT2D eigenvalue weighted by Crippen LogP contribution is 2.26. The van der Waals surface area contributed by atoms with Gasteiger partial charge < -0.3 is 9.84 Å². The van der Waals surface area contributed by atoms with Crippen LogP contribution in [0.1, 0.15) is 22.8 Å². The van der Waals surface area contributed by atoms with Gasteiger partial charge in [-0.1, -0.05) is 29.8 Å². The van der Waals surface area contributed by atoms with Gasteiger partial charge in [-0.2, -0.15) is 5.26 Å². The van der Waals surface area contributed by atoms with Crippen LogP contribution in [0.5, 0.6) is 5.75 Å². The highest BCUT2D eigenvalue weighted by molar-refractivity contribution is 6.32. The molecule has 20 heavy (non-hydrogen) atoms. The van der Waals surface area contributed by atoms with E-state index in [2.05, 4.69) is 0 Å². The Bertz CT molecular complexity index is 632. The van der Waals surface area contributed by atoms with Crippen molar-refractivity contribution >= 4 is 11.6 Å². The molecule has 1 unspecified atom stereocenters. The quantitative estimate of drug-likeness (QED) is 0.934. The monoisotopic (exact) mass is 287 g/mol. The molecule has 4 heteroatoms. The summed E-state index contributed by atoms with van der Waals surface area (Å²) in [5, 5.41) is 19.3. The molecule has 0 heterocycles. The van der Waals surface area contributed by atoms with Gasteiger partial charge in [0.25, 0.3) is 0 Å². The number of ether oxygens (including phenoxy) is 1. The summed E-state index contributed by atoms with van der Waals surface area (Å²) in [6.45, 7) is 2.05. The predicted molar refractivity (Wildman–Crippen MR) is 77.8 cm³/mol. The molecular weight excluding hydrogens is 274 g/mol. The third-order valence-corrected chi connectivity index (χ3v) is 3.20. The van der Waals surface area contributed by atoms with Crippen LogP contribution in [-0.4, -0.2) is 11.7 Å². The van der Waals surface area contributed by atoms with Crippen LogP contribution in [0.15, 0.2) is 42.5 Å². The van der Waals surface area contributed by atoms with Gasteiger partial charge in [0.15, 0.2) is 0 Å². The first-order valence-electron chi connectivity index (χ1n) is 6.17. The lowest BCUT2D eigenvalue weighted by Crippen LogP contribution is -2.09. The fraction of sp³-hybridized carbons (Fsp3) is 0.188. The van der Waals surface area contributed by atoms with Crippen LogP contribution in [0.25, 0.3) is 0 Å². The average Bonchev–Trinajstić information content (AvgIpc) is 2.46. The molecule has 0 fully saturated rings. The van der Waals surface area contributed by atoms with E-state index in [9.17, 15) is 5.11 Å². The van der Waals surface area contributed by atoms with Crippen LogP contribution < -0.4 is 4.74 Å². The third-order valence-electron chi connectivity index (χ3n) is 2.91. The fourth-order valence-electron chi connectivity index (χ4n) is 1.77. The Hall–Kier alpha value is -2.02. The van der Waals surface area contributed by atoms with Crippen LogP contribution in [0.2, 0.25) is 5.02 Å². The van der Waals surface area contributed by atoms with E-state index < -0.39 is 6.10 Å². The van der Waals surface area contributed by atoms with E-state index >= 15 is 0 Å². The normalized spacial score (nSPS) is 11.7. The predicted octanol–water partition coefficient (Wildman–Crippen LogP) is 3.63. The van der Waals surface area contributed by atoms with Crippen LogP contribution in [-0.2, 0) is 0 Å². The van der Waals surface area contributed by atoms with E-state index in [-0.39, 0.29) is 6.61 Å². The second-order valence-electron chi connectivity index (χ2n) is 4.49. The first-order valence-corrected chi connectivity index (χ1v) is 6.55. The number of aryl methyl sites for hydroxylation is 1. The minimum atomic E-state index is -0.764. The van der Waals surface area contributed by atoms with Crippen molar-refractivity contribution in [3.05, 3.63) is 64.2 Å². The smallest absolute Gasteiger partial charge is 0.138 e. The zero-order valence-electron chi connectivity index (χ0n) is 11.0. The van der Waals surface area contributed by atoms with Crippen molar-refractivity contribution in [2.24, 2.45) is 0 Å². The number of nitrogens with zero attached hydrogens (tertiary/aromatic N) is 1. The van der Waals surface area contributed by atoms with Gasteiger partial charge in [-0.3, -0.25) is 0 Å². The molecule has 0 spiro atoms. The maximum Gasteiger partial charge on any atom is 0.138 e. The van der Waals surface area contributed by atoms with E-state index in [4.69, 9.17) is 21.6 Å². The summed E-state index contributed by atoms with van der Waals surface area (Å²) >= 11 is 6.06. The first-order chi connectivity index (χ1) is 9.60. The molecule has 2 aromatic carbocycles. The second-order valence-corrected chi connectivity index (χ2v) is 4.90. The summed E-state index contributed by atoms with van der Waals surface area (Å²) in [5.74, 6) is 0.546. The lowest BCUT2D eigenvalue weighted by molar-refractivity contribution is 0.108. The molecule has 3 nitrogen and oxygen atoms in total. The van der Waals surface area contributed by atoms with Crippen molar-refractivity contribution in [1.82, 2.24) is 0 Å². The lowest BCUT2D eigenvalue weighted by atomic mass is 10.1. The van der Waals surface area contributed by atoms with Gasteiger partial charge >= 0.3 is 0 Å². The van der Waals surface area contributed by atoms with E-state index in [0.717, 1.165) is 5.56 Å². The number of hydrogen-bond donors (Lipinski definition) is 1. The van der Waals surface area contributed by atoms with Crippen molar-refractivity contribution in [1.29, 1.82) is 5.26 Å². The summed E-state index contributed by atoms with van der Waals surface area (Å²) in [5.41, 5.74) is 2.31. The molecule has 0 bridgehead atoms. The summed E-state index contributed by atoms with van der Waals surface area (Å²) in [7, 11) is 0. The van der Waals surface area contributed by atoms with Gasteiger partial charge in [-0.15, -0.1) is 0 Å². The Labute approximate surface area is 123 Å². The minimum Gasteiger partial charge on any atom is -0.489 e. The number of nitriles is 1. The number of aliphatic hydroxyl groups is 1. The van der Waals surface area contributed by atoms with Crippen LogP contribution in [0.4, 0.5) is 0 Å². The molecule has 0 aliphatic heterocycles. The van der Waals surface area contributed by atoms with Crippen LogP contribution in [0.3, 0.4) is 0 Å². The van der Waals surface area contributed by atoms with Crippen molar-refractivity contribution < 1.29 is 9.84 Å². The SMILES string of the molecule is Cc1ccc(OCC(O)c2ccc(C#N)cc2)c(Cl)c1. The number of hydrogen-bond acceptors (Lipinski definition) is 3. The highest BCUT2D eigenvalue weighted by Gasteiger charge is 2.10. The van der Waals surface area contributed by atoms with Gasteiger partial charge in [0.1, 0.15) is 18.5 Å². The Morgan fingerprint density at radius 2 is 1.95 bits per heavy atom. The number of halogens is 1. The number of benzene rings is 2. The van der Waals surface area contributed by atoms with Crippen molar-refractivity contribution in [2.75, 3.05) is 6.61 Å². The number of rotatable bonds is 4. The second kappa shape index (κ2) is 6.42. The summed E-state index contributed by atoms with van der Waals surface area (Å²) in [6.07, 6.45) is -0.764. The summed E-state index contributed by atoms with van der Waals surface area (Å²) in [4.78, 5) is 0. The molecular formula is C16H14ClNO2. The maximum absolute atomic E-state index is 10.0. The third kappa shape index (κ3) is 3.51. The van der Waals surface area contributed by atoms with E-state index in [1.54, 1.807) is 30.3 Å². The maximum atomic E-state index is 10.0. The number of aliphatic hydroxyl groups excluding tert-OH is 1. The molecule has 0 aliphatic rings. The van der Waals surface area contributed by atoms with E-state index in [1.165, 1.54) is 0 Å². The molecule has 0 radical (unpaired) electrons. The molecule has 1 atom stereocenters. The zero-order valence-corrected chi connectivity index (χ0v) is 11.8. The Morgan fingerprint density at radius 3 is 2.55 bits per heavy atom. The Balaban J connectivity index is 2.00. The van der Waals surface area contributed by atoms with Gasteiger partial charge in [-0.05, 0) is 42.3 Å². The zero-order chi connectivity index (χ0) is 14.5. The molecule has 2 rings (SSSR count). The van der Waals surface area contributed by atoms with Gasteiger partial charge in [0.2, 0.25) is 0 Å². The van der Waals surface area contributed by atoms with Gasteiger partial charge in [0.05, 0.1) is 16.7 Å². The molecule has 0 amide bonds. The molecule has 2 aromatic rings. The highest BCUT2D eigenvalue weighted by atomic mass is 35.5. The Morgan fingerprint density at radius 1 is 1.25 bits per heavy atom. The molecule has 0 saturated carbocycles. The minimum absolute atomic E-state index is 0.106. The van der Waals surface area contributed by atoms with Gasteiger partial charge in [-0.25, -0.2) is 0 Å². The lowest BCUT2D eigenvalue weighted by Gasteiger charge is -2.14. The molecule has 1 N–H and O–H groups in total. The molecule has 0 aliphatic carbocycles. The standard InChI is InChI=1S/C16H14ClNO2/c1-11-2-7-16(14(17)8-11)20-10-15(19)13-5-3-12(9-18)4-6-13/h2-8,15,19H,10H2,1H3. The summed E-state index contributed by atoms with van der Waals surface area (Å²) in [6, 6.07) is 14.3. The topological polar surface area (TPSA) is 53.2 Å². The first kappa shape index (κ1) is 14.4. The molecule has 0 saturated heterocycles. The Kier molecular flexibility index (Phi) is 4.62. The van der Waals surface area contributed by atoms with E-state index in [1.807, 2.05) is 25.1 Å². The average molecular weight is 288 g/mol. The van der Waals surface area contributed by atoms with Crippen LogP contribution >= 0.6 is 11.6 Å². The largest absolute Gasteiger partial charge is 0.489 e. The van der Waals surface area contributed by atoms with Crippen molar-refractivity contribution in [2.45, 2.75) is 13.0 Å². The van der Waals surface area contributed by atoms with Gasteiger partial charge in [0, 0.05) is 0 Å². The van der Waals surface area contributed by atoms with Crippen LogP contribution in [0, 0.1) is 18.3 Å². The van der Waals surface area contributed by atoms with Crippen molar-refractivity contribution in [3.63, 3.8) is 0 Å². The van der Waals surface area contributed by atoms with Crippen molar-refractivity contribution in [3.8, 4) is 11.8 Å². The summed E-state index contributed by atoms with van der Waals surface area (Å²) < 4.78 is 5.52. The molecule has 0 aromatic heterocycles. The molecule has 102 valence electrons. The fourth-order valence-corrected chi connectivity index (χ4v) is 2.06. The van der Waals surface area contributed by atoms with E-state index in [0.29, 0.717) is 21.9 Å².